The molecule has 0 radical (unpaired) electrons. The van der Waals surface area contributed by atoms with E-state index < -0.39 is 0 Å². The molecule has 0 aliphatic carbocycles. The first-order valence-electron chi connectivity index (χ1n) is 7.06. The van der Waals surface area contributed by atoms with Gasteiger partial charge >= 0.3 is 0 Å². The van der Waals surface area contributed by atoms with Crippen molar-refractivity contribution in [1.82, 2.24) is 0 Å². The lowest BCUT2D eigenvalue weighted by Gasteiger charge is -2.09. The molecule has 0 aliphatic rings. The maximum absolute atomic E-state index is 9.87. The van der Waals surface area contributed by atoms with Gasteiger partial charge in [0.1, 0.15) is 18.1 Å². The predicted molar refractivity (Wildman–Crippen MR) is 88.7 cm³/mol. The molecule has 0 aliphatic heterocycles. The summed E-state index contributed by atoms with van der Waals surface area (Å²) in [4.78, 5) is 0. The van der Waals surface area contributed by atoms with Gasteiger partial charge in [0, 0.05) is 0 Å². The number of phenolic OH excluding ortho intramolecular Hbond substituents is 1. The van der Waals surface area contributed by atoms with Crippen molar-refractivity contribution in [2.75, 3.05) is 27.9 Å². The number of rotatable bonds is 7. The normalized spacial score (nSPS) is 10.6. The van der Waals surface area contributed by atoms with E-state index in [0.29, 0.717) is 18.1 Å². The van der Waals surface area contributed by atoms with Gasteiger partial charge in [0.25, 0.3) is 0 Å². The van der Waals surface area contributed by atoms with Crippen LogP contribution >= 0.6 is 0 Å². The van der Waals surface area contributed by atoms with Crippen LogP contribution in [0.15, 0.2) is 42.5 Å². The fourth-order valence-electron chi connectivity index (χ4n) is 2.01. The third kappa shape index (κ3) is 4.32. The molecule has 5 nitrogen and oxygen atoms in total. The Morgan fingerprint density at radius 2 is 1.43 bits per heavy atom. The van der Waals surface area contributed by atoms with E-state index in [1.807, 2.05) is 36.4 Å². The zero-order chi connectivity index (χ0) is 16.7. The average molecular weight is 316 g/mol. The standard InChI is InChI=1S/C18H20O5/c1-20-14-6-8-15(9-7-14)23-10-4-5-13-11-16(21-2)18(19)17(12-13)22-3/h4-9,11-12,19H,10H2,1-3H3/b5-4+. The monoisotopic (exact) mass is 316 g/mol. The molecule has 5 heteroatoms. The average Bonchev–Trinajstić information content (AvgIpc) is 2.60. The summed E-state index contributed by atoms with van der Waals surface area (Å²) < 4.78 is 20.9. The van der Waals surface area contributed by atoms with E-state index in [1.165, 1.54) is 14.2 Å². The molecule has 2 aromatic rings. The number of phenols is 1. The van der Waals surface area contributed by atoms with Gasteiger partial charge in [-0.2, -0.15) is 0 Å². The first-order chi connectivity index (χ1) is 11.2. The lowest BCUT2D eigenvalue weighted by molar-refractivity contribution is 0.339. The Morgan fingerprint density at radius 1 is 0.870 bits per heavy atom. The minimum Gasteiger partial charge on any atom is -0.502 e. The van der Waals surface area contributed by atoms with Crippen molar-refractivity contribution in [3.05, 3.63) is 48.0 Å². The smallest absolute Gasteiger partial charge is 0.200 e. The van der Waals surface area contributed by atoms with Crippen molar-refractivity contribution in [2.45, 2.75) is 0 Å². The molecule has 0 heterocycles. The number of aromatic hydroxyl groups is 1. The van der Waals surface area contributed by atoms with E-state index in [4.69, 9.17) is 18.9 Å². The van der Waals surface area contributed by atoms with Crippen LogP contribution in [0.3, 0.4) is 0 Å². The molecule has 0 unspecified atom stereocenters. The number of hydrogen-bond acceptors (Lipinski definition) is 5. The molecule has 0 atom stereocenters. The van der Waals surface area contributed by atoms with E-state index in [0.717, 1.165) is 17.1 Å². The van der Waals surface area contributed by atoms with Gasteiger partial charge in [0.2, 0.25) is 5.75 Å². The lowest BCUT2D eigenvalue weighted by atomic mass is 10.1. The van der Waals surface area contributed by atoms with Gasteiger partial charge in [-0.3, -0.25) is 0 Å². The molecule has 0 saturated carbocycles. The summed E-state index contributed by atoms with van der Waals surface area (Å²) in [5, 5.41) is 9.87. The van der Waals surface area contributed by atoms with Gasteiger partial charge in [0.05, 0.1) is 21.3 Å². The third-order valence-corrected chi connectivity index (χ3v) is 3.22. The van der Waals surface area contributed by atoms with Crippen LogP contribution in [-0.4, -0.2) is 33.0 Å². The molecule has 2 rings (SSSR count). The molecular formula is C18H20O5. The molecule has 0 fully saturated rings. The molecule has 122 valence electrons. The molecule has 0 saturated heterocycles. The van der Waals surface area contributed by atoms with Crippen molar-refractivity contribution >= 4 is 6.08 Å². The highest BCUT2D eigenvalue weighted by Crippen LogP contribution is 2.37. The first-order valence-corrected chi connectivity index (χ1v) is 7.06. The van der Waals surface area contributed by atoms with E-state index in [9.17, 15) is 5.11 Å². The Bertz CT molecular complexity index is 637. The Kier molecular flexibility index (Phi) is 5.74. The summed E-state index contributed by atoms with van der Waals surface area (Å²) >= 11 is 0. The number of hydrogen-bond donors (Lipinski definition) is 1. The van der Waals surface area contributed by atoms with Crippen LogP contribution in [0.2, 0.25) is 0 Å². The maximum Gasteiger partial charge on any atom is 0.200 e. The van der Waals surface area contributed by atoms with Crippen molar-refractivity contribution in [1.29, 1.82) is 0 Å². The third-order valence-electron chi connectivity index (χ3n) is 3.22. The fraction of sp³-hybridized carbons (Fsp3) is 0.222. The Hall–Kier alpha value is -2.82. The first kappa shape index (κ1) is 16.5. The van der Waals surface area contributed by atoms with Crippen molar-refractivity contribution < 1.29 is 24.1 Å². The second-order valence-electron chi connectivity index (χ2n) is 4.66. The zero-order valence-corrected chi connectivity index (χ0v) is 13.4. The number of benzene rings is 2. The molecule has 2 aromatic carbocycles. The highest BCUT2D eigenvalue weighted by molar-refractivity contribution is 5.61. The topological polar surface area (TPSA) is 57.2 Å². The van der Waals surface area contributed by atoms with Gasteiger partial charge in [-0.05, 0) is 48.0 Å². The number of ether oxygens (including phenoxy) is 4. The van der Waals surface area contributed by atoms with Crippen LogP contribution in [-0.2, 0) is 0 Å². The highest BCUT2D eigenvalue weighted by Gasteiger charge is 2.09. The van der Waals surface area contributed by atoms with Crippen LogP contribution in [0, 0.1) is 0 Å². The van der Waals surface area contributed by atoms with Gasteiger partial charge in [-0.1, -0.05) is 6.08 Å². The summed E-state index contributed by atoms with van der Waals surface area (Å²) in [5.41, 5.74) is 0.842. The van der Waals surface area contributed by atoms with E-state index >= 15 is 0 Å². The SMILES string of the molecule is COc1ccc(OC/C=C/c2cc(OC)c(O)c(OC)c2)cc1. The summed E-state index contributed by atoms with van der Waals surface area (Å²) in [7, 11) is 4.61. The molecule has 1 N–H and O–H groups in total. The Balaban J connectivity index is 1.99. The summed E-state index contributed by atoms with van der Waals surface area (Å²) in [6.45, 7) is 0.415. The largest absolute Gasteiger partial charge is 0.502 e. The molecule has 0 bridgehead atoms. The lowest BCUT2D eigenvalue weighted by Crippen LogP contribution is -1.94. The minimum atomic E-state index is -0.0124. The van der Waals surface area contributed by atoms with E-state index in [2.05, 4.69) is 0 Å². The van der Waals surface area contributed by atoms with Gasteiger partial charge < -0.3 is 24.1 Å². The van der Waals surface area contributed by atoms with E-state index in [1.54, 1.807) is 19.2 Å². The molecule has 23 heavy (non-hydrogen) atoms. The minimum absolute atomic E-state index is 0.0124. The van der Waals surface area contributed by atoms with Gasteiger partial charge in [-0.25, -0.2) is 0 Å². The molecular weight excluding hydrogens is 296 g/mol. The quantitative estimate of drug-likeness (QED) is 0.847. The molecule has 0 spiro atoms. The second kappa shape index (κ2) is 7.98. The van der Waals surface area contributed by atoms with Crippen LogP contribution in [0.5, 0.6) is 28.7 Å². The molecule has 0 amide bonds. The maximum atomic E-state index is 9.87. The van der Waals surface area contributed by atoms with E-state index in [-0.39, 0.29) is 5.75 Å². The zero-order valence-electron chi connectivity index (χ0n) is 13.4. The summed E-state index contributed by atoms with van der Waals surface area (Å²) in [5.74, 6) is 2.26. The predicted octanol–water partition coefficient (Wildman–Crippen LogP) is 3.51. The van der Waals surface area contributed by atoms with Crippen molar-refractivity contribution in [2.24, 2.45) is 0 Å². The van der Waals surface area contributed by atoms with Crippen molar-refractivity contribution in [3.63, 3.8) is 0 Å². The van der Waals surface area contributed by atoms with Crippen LogP contribution in [0.25, 0.3) is 6.08 Å². The van der Waals surface area contributed by atoms with Crippen molar-refractivity contribution in [3.8, 4) is 28.7 Å². The van der Waals surface area contributed by atoms with Gasteiger partial charge in [-0.15, -0.1) is 0 Å². The number of methoxy groups -OCH3 is 3. The Labute approximate surface area is 135 Å². The van der Waals surface area contributed by atoms with Crippen LogP contribution in [0.4, 0.5) is 0 Å². The Morgan fingerprint density at radius 3 is 1.96 bits per heavy atom. The second-order valence-corrected chi connectivity index (χ2v) is 4.66. The fourth-order valence-corrected chi connectivity index (χ4v) is 2.01. The summed E-state index contributed by atoms with van der Waals surface area (Å²) in [6, 6.07) is 10.8. The van der Waals surface area contributed by atoms with Crippen LogP contribution < -0.4 is 18.9 Å². The summed E-state index contributed by atoms with van der Waals surface area (Å²) in [6.07, 6.45) is 3.74. The molecule has 0 aromatic heterocycles. The highest BCUT2D eigenvalue weighted by atomic mass is 16.5. The van der Waals surface area contributed by atoms with Crippen LogP contribution in [0.1, 0.15) is 5.56 Å². The van der Waals surface area contributed by atoms with Gasteiger partial charge in [0.15, 0.2) is 11.5 Å².